The Hall–Kier alpha value is -2.48. The molecule has 4 rings (SSSR count). The molecule has 148 valence electrons. The minimum atomic E-state index is 1.01. The van der Waals surface area contributed by atoms with Crippen LogP contribution < -0.4 is 10.7 Å². The third kappa shape index (κ3) is 2.47. The highest BCUT2D eigenvalue weighted by Crippen LogP contribution is 2.28. The lowest BCUT2D eigenvalue weighted by Gasteiger charge is -2.16. The number of hydrogen-bond donors (Lipinski definition) is 0. The van der Waals surface area contributed by atoms with Crippen LogP contribution in [-0.4, -0.2) is 8.80 Å². The quantitative estimate of drug-likeness (QED) is 0.435. The van der Waals surface area contributed by atoms with Gasteiger partial charge in [0.05, 0.1) is 11.0 Å². The summed E-state index contributed by atoms with van der Waals surface area (Å²) in [6.45, 7) is 26.4. The number of pyridine rings is 2. The smallest absolute Gasteiger partial charge is 0.0524 e. The first-order valence-electron chi connectivity index (χ1n) is 10.6. The van der Waals surface area contributed by atoms with Gasteiger partial charge in [-0.2, -0.15) is 0 Å². The molecule has 0 saturated carbocycles. The molecule has 2 nitrogen and oxygen atoms in total. The van der Waals surface area contributed by atoms with Gasteiger partial charge in [0.25, 0.3) is 0 Å². The number of aromatic nitrogens is 2. The van der Waals surface area contributed by atoms with Gasteiger partial charge >= 0.3 is 0 Å². The van der Waals surface area contributed by atoms with Crippen molar-refractivity contribution in [3.8, 4) is 0 Å². The second-order valence-electron chi connectivity index (χ2n) is 7.61. The molecular weight excluding hydrogens is 340 g/mol. The van der Waals surface area contributed by atoms with Crippen LogP contribution in [-0.2, 0) is 12.8 Å². The van der Waals surface area contributed by atoms with Crippen molar-refractivity contribution in [1.29, 1.82) is 0 Å². The molecule has 0 aliphatic carbocycles. The van der Waals surface area contributed by atoms with E-state index in [0.29, 0.717) is 0 Å². The van der Waals surface area contributed by atoms with Gasteiger partial charge in [-0.05, 0) is 74.9 Å². The lowest BCUT2D eigenvalue weighted by Crippen LogP contribution is -2.24. The topological polar surface area (TPSA) is 8.82 Å². The van der Waals surface area contributed by atoms with Gasteiger partial charge in [0, 0.05) is 32.9 Å². The Labute approximate surface area is 168 Å². The van der Waals surface area contributed by atoms with Crippen molar-refractivity contribution in [2.24, 2.45) is 0 Å². The van der Waals surface area contributed by atoms with Gasteiger partial charge in [-0.15, -0.1) is 0 Å². The predicted molar refractivity (Wildman–Crippen MR) is 125 cm³/mol. The minimum Gasteiger partial charge on any atom is -0.314 e. The molecule has 4 aromatic rings. The largest absolute Gasteiger partial charge is 0.314 e. The van der Waals surface area contributed by atoms with Crippen molar-refractivity contribution in [3.63, 3.8) is 0 Å². The Bertz CT molecular complexity index is 1210. The number of rotatable bonds is 2. The lowest BCUT2D eigenvalue weighted by atomic mass is 10.0. The predicted octanol–water partition coefficient (Wildman–Crippen LogP) is 5.55. The van der Waals surface area contributed by atoms with Gasteiger partial charge in [0.2, 0.25) is 0 Å². The number of hydrogen-bond acceptors (Lipinski definition) is 0. The first-order chi connectivity index (χ1) is 13.3. The first kappa shape index (κ1) is 20.3. The minimum absolute atomic E-state index is 1.01. The fourth-order valence-corrected chi connectivity index (χ4v) is 5.03. The fourth-order valence-electron chi connectivity index (χ4n) is 5.03. The van der Waals surface area contributed by atoms with Crippen molar-refractivity contribution in [3.05, 3.63) is 56.5 Å². The first-order valence-corrected chi connectivity index (χ1v) is 10.6. The Balaban J connectivity index is 0.00000109. The molecule has 2 heteroatoms. The number of nitrogens with zero attached hydrogens (tertiary/aromatic N) is 2. The van der Waals surface area contributed by atoms with Crippen LogP contribution in [0, 0.1) is 27.7 Å². The Kier molecular flexibility index (Phi) is 5.18. The maximum atomic E-state index is 4.53. The molecule has 0 aromatic carbocycles. The van der Waals surface area contributed by atoms with Crippen LogP contribution in [0.15, 0.2) is 12.1 Å². The second kappa shape index (κ2) is 7.16. The summed E-state index contributed by atoms with van der Waals surface area (Å²) in [5, 5.41) is 4.71. The maximum absolute atomic E-state index is 4.53. The summed E-state index contributed by atoms with van der Waals surface area (Å²) in [4.78, 5) is 0. The van der Waals surface area contributed by atoms with E-state index in [1.165, 1.54) is 55.4 Å². The summed E-state index contributed by atoms with van der Waals surface area (Å²) in [6, 6.07) is 4.62. The van der Waals surface area contributed by atoms with E-state index >= 15 is 0 Å². The van der Waals surface area contributed by atoms with Gasteiger partial charge in [0.1, 0.15) is 0 Å². The van der Waals surface area contributed by atoms with Crippen LogP contribution in [0.5, 0.6) is 0 Å². The third-order valence-electron chi connectivity index (χ3n) is 6.09. The summed E-state index contributed by atoms with van der Waals surface area (Å²) in [5.41, 5.74) is 10.5. The van der Waals surface area contributed by atoms with Crippen molar-refractivity contribution >= 4 is 35.0 Å². The van der Waals surface area contributed by atoms with Crippen molar-refractivity contribution in [2.75, 3.05) is 0 Å². The summed E-state index contributed by atoms with van der Waals surface area (Å²) >= 11 is 0. The second-order valence-corrected chi connectivity index (χ2v) is 7.61. The van der Waals surface area contributed by atoms with Gasteiger partial charge < -0.3 is 8.80 Å². The molecule has 0 radical (unpaired) electrons. The summed E-state index contributed by atoms with van der Waals surface area (Å²) in [5.74, 6) is 0. The van der Waals surface area contributed by atoms with E-state index in [0.717, 1.165) is 23.5 Å². The number of aryl methyl sites for hydroxylation is 6. The van der Waals surface area contributed by atoms with E-state index in [1.807, 2.05) is 13.8 Å². The highest BCUT2D eigenvalue weighted by atomic mass is 14.9. The maximum Gasteiger partial charge on any atom is 0.0524 e. The molecule has 0 aliphatic heterocycles. The van der Waals surface area contributed by atoms with E-state index in [4.69, 9.17) is 0 Å². The summed E-state index contributed by atoms with van der Waals surface area (Å²) in [6.07, 6.45) is 2.01. The van der Waals surface area contributed by atoms with Crippen molar-refractivity contribution < 1.29 is 0 Å². The van der Waals surface area contributed by atoms with Crippen LogP contribution in [0.1, 0.15) is 61.3 Å². The molecular formula is C26H34N2. The third-order valence-corrected chi connectivity index (χ3v) is 6.09. The molecule has 0 aliphatic rings. The molecule has 0 unspecified atom stereocenters. The van der Waals surface area contributed by atoms with Crippen LogP contribution in [0.2, 0.25) is 0 Å². The van der Waals surface area contributed by atoms with Crippen molar-refractivity contribution in [1.82, 2.24) is 8.80 Å². The molecule has 0 fully saturated rings. The standard InChI is InChI=1S/C24H28N2.C2H6/c1-9-19-11-13(3)23-15(5)22-18(8)26-20(10-2)12-14(4)24(26)16(6)21(22)17(7)25(19)23;1-2/h11-12H,7-10H2,1-6H3;1-2H3. The van der Waals surface area contributed by atoms with Gasteiger partial charge in [-0.3, -0.25) is 0 Å². The van der Waals surface area contributed by atoms with E-state index in [1.54, 1.807) is 0 Å². The van der Waals surface area contributed by atoms with E-state index in [9.17, 15) is 0 Å². The van der Waals surface area contributed by atoms with Crippen LogP contribution in [0.25, 0.3) is 35.0 Å². The molecule has 0 bridgehead atoms. The zero-order chi connectivity index (χ0) is 20.9. The molecule has 0 spiro atoms. The molecule has 0 saturated heterocycles. The fraction of sp³-hybridized carbons (Fsp3) is 0.385. The highest BCUT2D eigenvalue weighted by molar-refractivity contribution is 5.97. The van der Waals surface area contributed by atoms with Gasteiger partial charge in [-0.1, -0.05) is 40.9 Å². The van der Waals surface area contributed by atoms with Crippen LogP contribution in [0.3, 0.4) is 0 Å². The van der Waals surface area contributed by atoms with Crippen LogP contribution in [0.4, 0.5) is 0 Å². The number of fused-ring (bicyclic) bond motifs is 3. The molecule has 0 atom stereocenters. The van der Waals surface area contributed by atoms with Gasteiger partial charge in [0.15, 0.2) is 0 Å². The summed E-state index contributed by atoms with van der Waals surface area (Å²) < 4.78 is 4.74. The van der Waals surface area contributed by atoms with E-state index < -0.39 is 0 Å². The zero-order valence-corrected chi connectivity index (χ0v) is 18.9. The molecule has 4 heterocycles. The van der Waals surface area contributed by atoms with Gasteiger partial charge in [-0.25, -0.2) is 0 Å². The molecule has 0 amide bonds. The normalized spacial score (nSPS) is 11.4. The monoisotopic (exact) mass is 374 g/mol. The van der Waals surface area contributed by atoms with E-state index in [2.05, 4.69) is 75.6 Å². The Morgan fingerprint density at radius 3 is 1.29 bits per heavy atom. The zero-order valence-electron chi connectivity index (χ0n) is 18.9. The van der Waals surface area contributed by atoms with Crippen LogP contribution >= 0.6 is 0 Å². The highest BCUT2D eigenvalue weighted by Gasteiger charge is 2.18. The molecule has 0 N–H and O–H groups in total. The average Bonchev–Trinajstić information content (AvgIpc) is 3.21. The lowest BCUT2D eigenvalue weighted by molar-refractivity contribution is 0.963. The Morgan fingerprint density at radius 2 is 1.00 bits per heavy atom. The summed E-state index contributed by atoms with van der Waals surface area (Å²) in [7, 11) is 0. The van der Waals surface area contributed by atoms with E-state index in [-0.39, 0.29) is 0 Å². The van der Waals surface area contributed by atoms with Crippen molar-refractivity contribution in [2.45, 2.75) is 68.2 Å². The molecule has 4 aromatic heterocycles. The molecule has 28 heavy (non-hydrogen) atoms. The SMILES string of the molecule is C=c1c2c(C)c3c(C)cc(CC)n3c(=C)c2c(C)c2c(C)cc(CC)n12.CC. The average molecular weight is 375 g/mol. The Morgan fingerprint density at radius 1 is 0.679 bits per heavy atom.